The van der Waals surface area contributed by atoms with Crippen molar-refractivity contribution >= 4 is 30.7 Å². The van der Waals surface area contributed by atoms with E-state index in [-0.39, 0.29) is 42.7 Å². The molecule has 108 valence electrons. The van der Waals surface area contributed by atoms with Gasteiger partial charge in [-0.15, -0.1) is 24.8 Å². The van der Waals surface area contributed by atoms with E-state index in [4.69, 9.17) is 0 Å². The number of carbonyl (C=O) groups is 1. The summed E-state index contributed by atoms with van der Waals surface area (Å²) in [6.07, 6.45) is 3.50. The molecular formula is C13H21Cl2N3O. The number of pyridine rings is 1. The number of nitrogens with zero attached hydrogens (tertiary/aromatic N) is 2. The summed E-state index contributed by atoms with van der Waals surface area (Å²) < 4.78 is 0. The Balaban J connectivity index is 0.00000162. The Labute approximate surface area is 126 Å². The molecule has 0 aromatic carbocycles. The molecule has 6 heteroatoms. The number of halogens is 2. The van der Waals surface area contributed by atoms with Crippen LogP contribution in [0.3, 0.4) is 0 Å². The van der Waals surface area contributed by atoms with Crippen LogP contribution in [0.2, 0.25) is 0 Å². The van der Waals surface area contributed by atoms with Gasteiger partial charge in [0.05, 0.1) is 5.92 Å². The number of hydrogen-bond acceptors (Lipinski definition) is 3. The summed E-state index contributed by atoms with van der Waals surface area (Å²) in [5, 5.41) is 3.29. The second-order valence-electron chi connectivity index (χ2n) is 4.59. The van der Waals surface area contributed by atoms with Crippen LogP contribution in [-0.4, -0.2) is 41.5 Å². The van der Waals surface area contributed by atoms with E-state index in [9.17, 15) is 4.79 Å². The quantitative estimate of drug-likeness (QED) is 0.907. The largest absolute Gasteiger partial charge is 0.337 e. The van der Waals surface area contributed by atoms with Crippen LogP contribution >= 0.6 is 24.8 Å². The van der Waals surface area contributed by atoms with Gasteiger partial charge in [-0.25, -0.2) is 0 Å². The molecule has 0 bridgehead atoms. The Hall–Kier alpha value is -0.840. The Bertz CT molecular complexity index is 389. The first-order chi connectivity index (χ1) is 8.20. The molecule has 1 aliphatic rings. The Morgan fingerprint density at radius 3 is 2.84 bits per heavy atom. The van der Waals surface area contributed by atoms with E-state index in [2.05, 4.69) is 17.2 Å². The molecule has 2 atom stereocenters. The number of nitrogens with one attached hydrogen (secondary N) is 1. The lowest BCUT2D eigenvalue weighted by Crippen LogP contribution is -2.53. The number of piperazine rings is 1. The summed E-state index contributed by atoms with van der Waals surface area (Å²) in [5.74, 6) is 0.0938. The lowest BCUT2D eigenvalue weighted by Gasteiger charge is -2.35. The van der Waals surface area contributed by atoms with Crippen molar-refractivity contribution in [3.05, 3.63) is 30.1 Å². The molecule has 2 heterocycles. The van der Waals surface area contributed by atoms with Crippen LogP contribution in [0.25, 0.3) is 0 Å². The maximum absolute atomic E-state index is 12.4. The molecule has 4 nitrogen and oxygen atoms in total. The molecule has 1 fully saturated rings. The van der Waals surface area contributed by atoms with Gasteiger partial charge in [0.2, 0.25) is 5.91 Å². The fraction of sp³-hybridized carbons (Fsp3) is 0.538. The molecule has 1 saturated heterocycles. The topological polar surface area (TPSA) is 45.2 Å². The summed E-state index contributed by atoms with van der Waals surface area (Å²) in [7, 11) is 0. The minimum atomic E-state index is -0.107. The van der Waals surface area contributed by atoms with Gasteiger partial charge in [0.25, 0.3) is 0 Å². The molecule has 1 N–H and O–H groups in total. The predicted octanol–water partition coefficient (Wildman–Crippen LogP) is 1.85. The summed E-state index contributed by atoms with van der Waals surface area (Å²) in [5.41, 5.74) is 0.989. The van der Waals surface area contributed by atoms with Crippen molar-refractivity contribution in [2.75, 3.05) is 19.6 Å². The molecule has 0 saturated carbocycles. The van der Waals surface area contributed by atoms with E-state index in [1.807, 2.05) is 24.0 Å². The van der Waals surface area contributed by atoms with Crippen LogP contribution in [0.1, 0.15) is 25.3 Å². The van der Waals surface area contributed by atoms with Crippen LogP contribution in [0.4, 0.5) is 0 Å². The molecule has 1 amide bonds. The molecule has 0 radical (unpaired) electrons. The Morgan fingerprint density at radius 2 is 2.26 bits per heavy atom. The van der Waals surface area contributed by atoms with Crippen molar-refractivity contribution in [3.8, 4) is 0 Å². The highest BCUT2D eigenvalue weighted by Gasteiger charge is 2.27. The summed E-state index contributed by atoms with van der Waals surface area (Å²) in [6, 6.07) is 4.11. The number of amides is 1. The normalized spacial score (nSPS) is 19.9. The molecule has 2 unspecified atom stereocenters. The van der Waals surface area contributed by atoms with Gasteiger partial charge in [0.1, 0.15) is 0 Å². The fourth-order valence-corrected chi connectivity index (χ4v) is 2.19. The second kappa shape index (κ2) is 8.35. The van der Waals surface area contributed by atoms with E-state index in [0.29, 0.717) is 0 Å². The van der Waals surface area contributed by atoms with Crippen molar-refractivity contribution in [1.82, 2.24) is 15.2 Å². The lowest BCUT2D eigenvalue weighted by molar-refractivity contribution is -0.135. The lowest BCUT2D eigenvalue weighted by atomic mass is 10.0. The molecule has 19 heavy (non-hydrogen) atoms. The van der Waals surface area contributed by atoms with Crippen molar-refractivity contribution in [2.45, 2.75) is 25.8 Å². The smallest absolute Gasteiger partial charge is 0.230 e. The van der Waals surface area contributed by atoms with Gasteiger partial charge in [0.15, 0.2) is 0 Å². The monoisotopic (exact) mass is 305 g/mol. The van der Waals surface area contributed by atoms with Crippen molar-refractivity contribution in [2.24, 2.45) is 0 Å². The van der Waals surface area contributed by atoms with E-state index in [1.165, 1.54) is 0 Å². The van der Waals surface area contributed by atoms with Crippen molar-refractivity contribution < 1.29 is 4.79 Å². The van der Waals surface area contributed by atoms with Gasteiger partial charge >= 0.3 is 0 Å². The average molecular weight is 306 g/mol. The third-order valence-corrected chi connectivity index (χ3v) is 3.34. The number of hydrogen-bond donors (Lipinski definition) is 1. The maximum atomic E-state index is 12.4. The first kappa shape index (κ1) is 18.2. The molecule has 1 aliphatic heterocycles. The van der Waals surface area contributed by atoms with Gasteiger partial charge < -0.3 is 10.2 Å². The average Bonchev–Trinajstić information content (AvgIpc) is 2.39. The van der Waals surface area contributed by atoms with Crippen LogP contribution in [0, 0.1) is 0 Å². The summed E-state index contributed by atoms with van der Waals surface area (Å²) in [4.78, 5) is 18.4. The first-order valence-corrected chi connectivity index (χ1v) is 6.11. The highest BCUT2D eigenvalue weighted by Crippen LogP contribution is 2.18. The van der Waals surface area contributed by atoms with Crippen LogP contribution < -0.4 is 5.32 Å². The summed E-state index contributed by atoms with van der Waals surface area (Å²) in [6.45, 7) is 6.60. The Morgan fingerprint density at radius 1 is 1.53 bits per heavy atom. The zero-order chi connectivity index (χ0) is 12.3. The zero-order valence-corrected chi connectivity index (χ0v) is 12.8. The molecule has 1 aromatic heterocycles. The number of carbonyl (C=O) groups excluding carboxylic acids is 1. The number of rotatable bonds is 2. The van der Waals surface area contributed by atoms with Crippen LogP contribution in [0.5, 0.6) is 0 Å². The molecule has 0 spiro atoms. The minimum absolute atomic E-state index is 0. The van der Waals surface area contributed by atoms with E-state index < -0.39 is 0 Å². The van der Waals surface area contributed by atoms with Crippen molar-refractivity contribution in [3.63, 3.8) is 0 Å². The van der Waals surface area contributed by atoms with E-state index in [1.54, 1.807) is 12.4 Å². The Kier molecular flexibility index (Phi) is 7.99. The van der Waals surface area contributed by atoms with Gasteiger partial charge in [-0.3, -0.25) is 9.78 Å². The molecule has 2 rings (SSSR count). The van der Waals surface area contributed by atoms with E-state index in [0.717, 1.165) is 25.2 Å². The third-order valence-electron chi connectivity index (χ3n) is 3.34. The number of aromatic nitrogens is 1. The standard InChI is InChI=1S/C13H19N3O.2ClH/c1-10-8-15-6-7-16(10)13(17)11(2)12-4-3-5-14-9-12;;/h3-5,9-11,15H,6-8H2,1-2H3;2*1H. The van der Waals surface area contributed by atoms with E-state index >= 15 is 0 Å². The predicted molar refractivity (Wildman–Crippen MR) is 81.2 cm³/mol. The SMILES string of the molecule is CC(C(=O)N1CCNCC1C)c1cccnc1.Cl.Cl. The van der Waals surface area contributed by atoms with Crippen molar-refractivity contribution in [1.29, 1.82) is 0 Å². The maximum Gasteiger partial charge on any atom is 0.230 e. The summed E-state index contributed by atoms with van der Waals surface area (Å²) >= 11 is 0. The van der Waals surface area contributed by atoms with Gasteiger partial charge in [-0.05, 0) is 25.5 Å². The first-order valence-electron chi connectivity index (χ1n) is 6.11. The third kappa shape index (κ3) is 4.34. The van der Waals surface area contributed by atoms with Gasteiger partial charge in [-0.1, -0.05) is 6.07 Å². The zero-order valence-electron chi connectivity index (χ0n) is 11.2. The molecule has 1 aromatic rings. The molecule has 0 aliphatic carbocycles. The minimum Gasteiger partial charge on any atom is -0.337 e. The van der Waals surface area contributed by atoms with Gasteiger partial charge in [0, 0.05) is 38.1 Å². The van der Waals surface area contributed by atoms with Crippen LogP contribution in [-0.2, 0) is 4.79 Å². The highest BCUT2D eigenvalue weighted by molar-refractivity contribution is 5.85. The fourth-order valence-electron chi connectivity index (χ4n) is 2.19. The molecular weight excluding hydrogens is 285 g/mol. The highest BCUT2D eigenvalue weighted by atomic mass is 35.5. The second-order valence-corrected chi connectivity index (χ2v) is 4.59. The van der Waals surface area contributed by atoms with Gasteiger partial charge in [-0.2, -0.15) is 0 Å². The van der Waals surface area contributed by atoms with Crippen LogP contribution in [0.15, 0.2) is 24.5 Å².